The highest BCUT2D eigenvalue weighted by Crippen LogP contribution is 2.43. The van der Waals surface area contributed by atoms with E-state index < -0.39 is 11.7 Å². The monoisotopic (exact) mass is 486 g/mol. The molecular formula is C29H21F3N2S. The van der Waals surface area contributed by atoms with Gasteiger partial charge in [-0.2, -0.15) is 13.2 Å². The van der Waals surface area contributed by atoms with Gasteiger partial charge in [0.1, 0.15) is 6.33 Å². The van der Waals surface area contributed by atoms with Gasteiger partial charge in [0.25, 0.3) is 0 Å². The zero-order valence-corrected chi connectivity index (χ0v) is 20.2. The number of benzene rings is 4. The SMILES string of the molecule is CC(C)(C)c1cc(-c2ncnc3c(C(F)(F)F)c4ccccc4cc23)cc2cc3sccc3cc12. The lowest BCUT2D eigenvalue weighted by atomic mass is 9.81. The second kappa shape index (κ2) is 7.49. The van der Waals surface area contributed by atoms with Crippen LogP contribution >= 0.6 is 11.3 Å². The molecule has 2 aromatic heterocycles. The van der Waals surface area contributed by atoms with E-state index >= 15 is 0 Å². The van der Waals surface area contributed by atoms with Crippen molar-refractivity contribution in [1.82, 2.24) is 9.97 Å². The molecule has 0 unspecified atom stereocenters. The molecule has 0 saturated carbocycles. The van der Waals surface area contributed by atoms with Crippen LogP contribution in [0, 0.1) is 0 Å². The van der Waals surface area contributed by atoms with Crippen LogP contribution in [-0.4, -0.2) is 9.97 Å². The van der Waals surface area contributed by atoms with Crippen LogP contribution in [0.1, 0.15) is 31.9 Å². The Hall–Kier alpha value is -3.51. The summed E-state index contributed by atoms with van der Waals surface area (Å²) in [4.78, 5) is 8.64. The van der Waals surface area contributed by atoms with Gasteiger partial charge in [0.05, 0.1) is 16.8 Å². The Morgan fingerprint density at radius 1 is 0.743 bits per heavy atom. The molecule has 4 aromatic carbocycles. The van der Waals surface area contributed by atoms with E-state index in [9.17, 15) is 13.2 Å². The molecule has 6 aromatic rings. The third kappa shape index (κ3) is 3.55. The number of rotatable bonds is 1. The van der Waals surface area contributed by atoms with Crippen LogP contribution in [0.4, 0.5) is 13.2 Å². The molecule has 35 heavy (non-hydrogen) atoms. The highest BCUT2D eigenvalue weighted by atomic mass is 32.1. The van der Waals surface area contributed by atoms with E-state index in [4.69, 9.17) is 0 Å². The molecule has 2 heterocycles. The van der Waals surface area contributed by atoms with Crippen molar-refractivity contribution in [3.05, 3.63) is 83.5 Å². The van der Waals surface area contributed by atoms with Crippen molar-refractivity contribution in [2.75, 3.05) is 0 Å². The van der Waals surface area contributed by atoms with E-state index in [-0.39, 0.29) is 16.3 Å². The number of fused-ring (bicyclic) bond motifs is 4. The molecule has 6 rings (SSSR count). The van der Waals surface area contributed by atoms with Gasteiger partial charge in [0.15, 0.2) is 0 Å². The Morgan fingerprint density at radius 2 is 1.51 bits per heavy atom. The number of hydrogen-bond donors (Lipinski definition) is 0. The fourth-order valence-electron chi connectivity index (χ4n) is 4.96. The third-order valence-corrected chi connectivity index (χ3v) is 7.42. The summed E-state index contributed by atoms with van der Waals surface area (Å²) in [6, 6.07) is 18.9. The topological polar surface area (TPSA) is 25.8 Å². The Balaban J connectivity index is 1.73. The van der Waals surface area contributed by atoms with Gasteiger partial charge < -0.3 is 0 Å². The van der Waals surface area contributed by atoms with Gasteiger partial charge in [-0.1, -0.05) is 45.0 Å². The molecule has 174 valence electrons. The summed E-state index contributed by atoms with van der Waals surface area (Å²) in [5.74, 6) is 0. The molecule has 0 N–H and O–H groups in total. The van der Waals surface area contributed by atoms with Gasteiger partial charge in [-0.3, -0.25) is 0 Å². The van der Waals surface area contributed by atoms with Crippen molar-refractivity contribution in [3.63, 3.8) is 0 Å². The molecule has 0 bridgehead atoms. The molecule has 0 aliphatic carbocycles. The maximum Gasteiger partial charge on any atom is 0.419 e. The van der Waals surface area contributed by atoms with Gasteiger partial charge in [-0.15, -0.1) is 11.3 Å². The molecular weight excluding hydrogens is 465 g/mol. The Bertz CT molecular complexity index is 1780. The molecule has 0 saturated heterocycles. The number of alkyl halides is 3. The first-order chi connectivity index (χ1) is 16.6. The largest absolute Gasteiger partial charge is 0.419 e. The molecule has 0 fully saturated rings. The molecule has 0 aliphatic rings. The van der Waals surface area contributed by atoms with Gasteiger partial charge >= 0.3 is 6.18 Å². The third-order valence-electron chi connectivity index (χ3n) is 6.54. The number of aromatic nitrogens is 2. The van der Waals surface area contributed by atoms with Crippen molar-refractivity contribution in [2.45, 2.75) is 32.4 Å². The lowest BCUT2D eigenvalue weighted by Gasteiger charge is -2.23. The van der Waals surface area contributed by atoms with Crippen molar-refractivity contribution < 1.29 is 13.2 Å². The predicted octanol–water partition coefficient (Wildman–Crippen LogP) is 9.13. The van der Waals surface area contributed by atoms with Crippen molar-refractivity contribution in [3.8, 4) is 11.3 Å². The van der Waals surface area contributed by atoms with Crippen LogP contribution in [0.5, 0.6) is 0 Å². The normalized spacial score (nSPS) is 12.9. The molecule has 0 amide bonds. The Labute approximate surface area is 204 Å². The lowest BCUT2D eigenvalue weighted by molar-refractivity contribution is -0.135. The molecule has 0 radical (unpaired) electrons. The van der Waals surface area contributed by atoms with Gasteiger partial charge in [-0.25, -0.2) is 9.97 Å². The summed E-state index contributed by atoms with van der Waals surface area (Å²) < 4.78 is 44.0. The number of thiophene rings is 1. The van der Waals surface area contributed by atoms with Gasteiger partial charge in [0, 0.05) is 15.6 Å². The van der Waals surface area contributed by atoms with E-state index in [1.165, 1.54) is 22.5 Å². The number of halogens is 3. The Morgan fingerprint density at radius 3 is 2.29 bits per heavy atom. The smallest absolute Gasteiger partial charge is 0.236 e. The van der Waals surface area contributed by atoms with Crippen molar-refractivity contribution >= 4 is 53.9 Å². The second-order valence-corrected chi connectivity index (χ2v) is 10.8. The van der Waals surface area contributed by atoms with Crippen molar-refractivity contribution in [2.24, 2.45) is 0 Å². The summed E-state index contributed by atoms with van der Waals surface area (Å²) in [6.45, 7) is 6.45. The Kier molecular flexibility index (Phi) is 4.71. The van der Waals surface area contributed by atoms with E-state index in [2.05, 4.69) is 60.4 Å². The minimum Gasteiger partial charge on any atom is -0.236 e. The van der Waals surface area contributed by atoms with E-state index in [0.717, 1.165) is 21.9 Å². The van der Waals surface area contributed by atoms with Gasteiger partial charge in [-0.05, 0) is 79.7 Å². The van der Waals surface area contributed by atoms with E-state index in [1.54, 1.807) is 35.6 Å². The quantitative estimate of drug-likeness (QED) is 0.217. The lowest BCUT2D eigenvalue weighted by Crippen LogP contribution is -2.12. The van der Waals surface area contributed by atoms with Crippen LogP contribution in [0.15, 0.2) is 72.4 Å². The van der Waals surface area contributed by atoms with Crippen LogP contribution < -0.4 is 0 Å². The van der Waals surface area contributed by atoms with Crippen LogP contribution in [0.25, 0.3) is 53.8 Å². The summed E-state index contributed by atoms with van der Waals surface area (Å²) in [7, 11) is 0. The van der Waals surface area contributed by atoms with Crippen LogP contribution in [0.2, 0.25) is 0 Å². The first-order valence-electron chi connectivity index (χ1n) is 11.3. The minimum absolute atomic E-state index is 0.0766. The van der Waals surface area contributed by atoms with Gasteiger partial charge in [0.2, 0.25) is 0 Å². The first-order valence-corrected chi connectivity index (χ1v) is 12.2. The highest BCUT2D eigenvalue weighted by molar-refractivity contribution is 7.17. The molecule has 0 aliphatic heterocycles. The second-order valence-electron chi connectivity index (χ2n) is 9.89. The van der Waals surface area contributed by atoms with Crippen molar-refractivity contribution in [1.29, 1.82) is 0 Å². The molecule has 6 heteroatoms. The minimum atomic E-state index is -4.55. The zero-order valence-electron chi connectivity index (χ0n) is 19.4. The molecule has 2 nitrogen and oxygen atoms in total. The summed E-state index contributed by atoms with van der Waals surface area (Å²) >= 11 is 1.68. The maximum atomic E-state index is 14.3. The summed E-state index contributed by atoms with van der Waals surface area (Å²) in [6.07, 6.45) is -3.30. The zero-order chi connectivity index (χ0) is 24.5. The summed E-state index contributed by atoms with van der Waals surface area (Å²) in [5.41, 5.74) is 1.45. The molecule has 0 atom stereocenters. The average Bonchev–Trinajstić information content (AvgIpc) is 3.25. The molecule has 0 spiro atoms. The fourth-order valence-corrected chi connectivity index (χ4v) is 5.78. The fraction of sp³-hybridized carbons (Fsp3) is 0.172. The summed E-state index contributed by atoms with van der Waals surface area (Å²) in [5, 5.41) is 6.51. The maximum absolute atomic E-state index is 14.3. The van der Waals surface area contributed by atoms with E-state index in [0.29, 0.717) is 16.5 Å². The number of nitrogens with zero attached hydrogens (tertiary/aromatic N) is 2. The number of hydrogen-bond acceptors (Lipinski definition) is 3. The van der Waals surface area contributed by atoms with E-state index in [1.807, 2.05) is 6.07 Å². The average molecular weight is 487 g/mol. The highest BCUT2D eigenvalue weighted by Gasteiger charge is 2.36. The van der Waals surface area contributed by atoms with Crippen LogP contribution in [-0.2, 0) is 11.6 Å². The standard InChI is InChI=1S/C29H21F3N2S/c1-28(2,3)23-13-19(10-18-14-24-17(8-9-35-24)12-21(18)23)26-22-11-16-6-4-5-7-20(16)25(29(30,31)32)27(22)34-15-33-26/h4-15H,1-3H3. The predicted molar refractivity (Wildman–Crippen MR) is 139 cm³/mol. The van der Waals surface area contributed by atoms with Crippen LogP contribution in [0.3, 0.4) is 0 Å². The first kappa shape index (κ1) is 22.0.